The van der Waals surface area contributed by atoms with Crippen molar-refractivity contribution in [1.82, 2.24) is 9.62 Å². The average Bonchev–Trinajstić information content (AvgIpc) is 3.20. The summed E-state index contributed by atoms with van der Waals surface area (Å²) in [4.78, 5) is 14.6. The fourth-order valence-corrected chi connectivity index (χ4v) is 5.45. The van der Waals surface area contributed by atoms with Gasteiger partial charge in [-0.25, -0.2) is 13.1 Å². The topological polar surface area (TPSA) is 66.5 Å². The van der Waals surface area contributed by atoms with Crippen LogP contribution in [0.5, 0.6) is 0 Å². The Bertz CT molecular complexity index is 847. The molecule has 1 aromatic heterocycles. The van der Waals surface area contributed by atoms with Crippen molar-refractivity contribution in [2.24, 2.45) is 0 Å². The van der Waals surface area contributed by atoms with Gasteiger partial charge in [0, 0.05) is 12.6 Å². The monoisotopic (exact) mass is 392 g/mol. The molecule has 1 aromatic carbocycles. The Morgan fingerprint density at radius 1 is 1.23 bits per heavy atom. The molecule has 0 saturated heterocycles. The lowest BCUT2D eigenvalue weighted by Crippen LogP contribution is -2.47. The van der Waals surface area contributed by atoms with E-state index in [9.17, 15) is 13.2 Å². The van der Waals surface area contributed by atoms with Crippen LogP contribution in [0.15, 0.2) is 46.0 Å². The van der Waals surface area contributed by atoms with Crippen molar-refractivity contribution in [2.45, 2.75) is 42.9 Å². The Hall–Kier alpha value is -1.70. The van der Waals surface area contributed by atoms with E-state index in [1.165, 1.54) is 11.1 Å². The second kappa shape index (κ2) is 8.33. The SMILES string of the molecule is CCCN(C(=O)CNS(=O)(=O)c1cccs1)C1CCc2ccccc2C1. The molecule has 1 heterocycles. The van der Waals surface area contributed by atoms with Crippen LogP contribution in [0, 0.1) is 0 Å². The van der Waals surface area contributed by atoms with Crippen LogP contribution in [0.25, 0.3) is 0 Å². The fourth-order valence-electron chi connectivity index (χ4n) is 3.44. The number of thiophene rings is 1. The lowest BCUT2D eigenvalue weighted by Gasteiger charge is -2.35. The molecule has 1 unspecified atom stereocenters. The van der Waals surface area contributed by atoms with Crippen molar-refractivity contribution >= 4 is 27.3 Å². The zero-order valence-electron chi connectivity index (χ0n) is 14.8. The molecular formula is C19H24N2O3S2. The molecule has 0 fully saturated rings. The van der Waals surface area contributed by atoms with E-state index in [1.54, 1.807) is 17.5 Å². The number of hydrogen-bond donors (Lipinski definition) is 1. The van der Waals surface area contributed by atoms with Crippen molar-refractivity contribution in [3.05, 3.63) is 52.9 Å². The third kappa shape index (κ3) is 4.34. The first-order valence-electron chi connectivity index (χ1n) is 8.90. The van der Waals surface area contributed by atoms with E-state index in [4.69, 9.17) is 0 Å². The smallest absolute Gasteiger partial charge is 0.250 e. The highest BCUT2D eigenvalue weighted by atomic mass is 32.2. The summed E-state index contributed by atoms with van der Waals surface area (Å²) in [5, 5.41) is 1.71. The molecule has 0 saturated carbocycles. The van der Waals surface area contributed by atoms with Gasteiger partial charge in [0.25, 0.3) is 10.0 Å². The number of amides is 1. The van der Waals surface area contributed by atoms with E-state index in [0.29, 0.717) is 6.54 Å². The number of nitrogens with one attached hydrogen (secondary N) is 1. The maximum atomic E-state index is 12.8. The number of fused-ring (bicyclic) bond motifs is 1. The number of aryl methyl sites for hydroxylation is 1. The second-order valence-electron chi connectivity index (χ2n) is 6.51. The van der Waals surface area contributed by atoms with Gasteiger partial charge in [0.1, 0.15) is 4.21 Å². The third-order valence-electron chi connectivity index (χ3n) is 4.72. The standard InChI is InChI=1S/C19H24N2O3S2/c1-2-11-21(17-10-9-15-6-3-4-7-16(15)13-17)18(22)14-20-26(23,24)19-8-5-12-25-19/h3-8,12,17,20H,2,9-11,13-14H2,1H3. The van der Waals surface area contributed by atoms with Crippen molar-refractivity contribution in [3.63, 3.8) is 0 Å². The van der Waals surface area contributed by atoms with Gasteiger partial charge in [-0.1, -0.05) is 37.3 Å². The van der Waals surface area contributed by atoms with Gasteiger partial charge in [-0.05, 0) is 48.3 Å². The Labute approximate surface area is 159 Å². The van der Waals surface area contributed by atoms with Crippen LogP contribution < -0.4 is 4.72 Å². The van der Waals surface area contributed by atoms with E-state index in [-0.39, 0.29) is 22.7 Å². The number of nitrogens with zero attached hydrogens (tertiary/aromatic N) is 1. The van der Waals surface area contributed by atoms with Crippen LogP contribution in [0.2, 0.25) is 0 Å². The van der Waals surface area contributed by atoms with Gasteiger partial charge in [-0.2, -0.15) is 0 Å². The summed E-state index contributed by atoms with van der Waals surface area (Å²) in [7, 11) is -3.62. The largest absolute Gasteiger partial charge is 0.338 e. The fraction of sp³-hybridized carbons (Fsp3) is 0.421. The maximum absolute atomic E-state index is 12.8. The molecule has 0 spiro atoms. The molecule has 1 amide bonds. The predicted molar refractivity (Wildman–Crippen MR) is 104 cm³/mol. The first-order chi connectivity index (χ1) is 12.5. The number of benzene rings is 1. The highest BCUT2D eigenvalue weighted by molar-refractivity contribution is 7.91. The highest BCUT2D eigenvalue weighted by Gasteiger charge is 2.28. The number of hydrogen-bond acceptors (Lipinski definition) is 4. The molecule has 140 valence electrons. The molecule has 1 N–H and O–H groups in total. The van der Waals surface area contributed by atoms with Gasteiger partial charge in [0.15, 0.2) is 0 Å². The van der Waals surface area contributed by atoms with Crippen LogP contribution in [0.1, 0.15) is 30.9 Å². The third-order valence-corrected chi connectivity index (χ3v) is 7.52. The molecule has 7 heteroatoms. The van der Waals surface area contributed by atoms with Crippen LogP contribution in [-0.2, 0) is 27.7 Å². The summed E-state index contributed by atoms with van der Waals surface area (Å²) >= 11 is 1.15. The summed E-state index contributed by atoms with van der Waals surface area (Å²) in [6, 6.07) is 11.7. The number of sulfonamides is 1. The summed E-state index contributed by atoms with van der Waals surface area (Å²) in [6.45, 7) is 2.48. The van der Waals surface area contributed by atoms with E-state index >= 15 is 0 Å². The first-order valence-corrected chi connectivity index (χ1v) is 11.3. The summed E-state index contributed by atoms with van der Waals surface area (Å²) < 4.78 is 27.2. The van der Waals surface area contributed by atoms with E-state index in [2.05, 4.69) is 16.9 Å². The Balaban J connectivity index is 1.67. The van der Waals surface area contributed by atoms with Crippen molar-refractivity contribution in [1.29, 1.82) is 0 Å². The number of carbonyl (C=O) groups is 1. The Kier molecular flexibility index (Phi) is 6.11. The molecule has 26 heavy (non-hydrogen) atoms. The molecule has 5 nitrogen and oxygen atoms in total. The quantitative estimate of drug-likeness (QED) is 0.788. The minimum absolute atomic E-state index is 0.128. The van der Waals surface area contributed by atoms with Crippen molar-refractivity contribution in [3.8, 4) is 0 Å². The van der Waals surface area contributed by atoms with Crippen LogP contribution in [0.4, 0.5) is 0 Å². The van der Waals surface area contributed by atoms with Crippen LogP contribution in [-0.4, -0.2) is 38.4 Å². The highest BCUT2D eigenvalue weighted by Crippen LogP contribution is 2.25. The molecule has 1 atom stereocenters. The van der Waals surface area contributed by atoms with E-state index in [1.807, 2.05) is 24.0 Å². The Morgan fingerprint density at radius 3 is 2.69 bits per heavy atom. The second-order valence-corrected chi connectivity index (χ2v) is 9.45. The van der Waals surface area contributed by atoms with E-state index in [0.717, 1.165) is 37.0 Å². The minimum Gasteiger partial charge on any atom is -0.338 e. The lowest BCUT2D eigenvalue weighted by atomic mass is 9.87. The predicted octanol–water partition coefficient (Wildman–Crippen LogP) is 2.82. The first kappa shape index (κ1) is 19.1. The number of rotatable bonds is 7. The molecule has 1 aliphatic rings. The zero-order chi connectivity index (χ0) is 18.6. The zero-order valence-corrected chi connectivity index (χ0v) is 16.5. The molecule has 0 bridgehead atoms. The van der Waals surface area contributed by atoms with Crippen molar-refractivity contribution in [2.75, 3.05) is 13.1 Å². The minimum atomic E-state index is -3.62. The molecule has 0 aliphatic heterocycles. The molecule has 1 aliphatic carbocycles. The normalized spacial score (nSPS) is 16.9. The van der Waals surface area contributed by atoms with Crippen molar-refractivity contribution < 1.29 is 13.2 Å². The van der Waals surface area contributed by atoms with Gasteiger partial charge in [-0.3, -0.25) is 4.79 Å². The van der Waals surface area contributed by atoms with Gasteiger partial charge in [0.05, 0.1) is 6.54 Å². The Morgan fingerprint density at radius 2 is 2.00 bits per heavy atom. The van der Waals surface area contributed by atoms with Crippen LogP contribution in [0.3, 0.4) is 0 Å². The molecule has 0 radical (unpaired) electrons. The lowest BCUT2D eigenvalue weighted by molar-refractivity contribution is -0.132. The summed E-state index contributed by atoms with van der Waals surface area (Å²) in [6.07, 6.45) is 3.55. The molecular weight excluding hydrogens is 368 g/mol. The maximum Gasteiger partial charge on any atom is 0.250 e. The number of carbonyl (C=O) groups excluding carboxylic acids is 1. The average molecular weight is 393 g/mol. The van der Waals surface area contributed by atoms with Crippen LogP contribution >= 0.6 is 11.3 Å². The van der Waals surface area contributed by atoms with Gasteiger partial charge in [-0.15, -0.1) is 11.3 Å². The summed E-state index contributed by atoms with van der Waals surface area (Å²) in [5.74, 6) is -0.156. The molecule has 3 rings (SSSR count). The molecule has 2 aromatic rings. The van der Waals surface area contributed by atoms with Gasteiger partial charge >= 0.3 is 0 Å². The van der Waals surface area contributed by atoms with Gasteiger partial charge < -0.3 is 4.90 Å². The van der Waals surface area contributed by atoms with Gasteiger partial charge in [0.2, 0.25) is 5.91 Å². The van der Waals surface area contributed by atoms with E-state index < -0.39 is 10.0 Å². The summed E-state index contributed by atoms with van der Waals surface area (Å²) in [5.41, 5.74) is 2.64.